The summed E-state index contributed by atoms with van der Waals surface area (Å²) in [6.07, 6.45) is 4.39. The Morgan fingerprint density at radius 3 is 2.26 bits per heavy atom. The second-order valence-electron chi connectivity index (χ2n) is 6.33. The highest BCUT2D eigenvalue weighted by atomic mass is 16.6. The van der Waals surface area contributed by atoms with E-state index >= 15 is 0 Å². The summed E-state index contributed by atoms with van der Waals surface area (Å²) in [5.41, 5.74) is -0.609. The molecule has 0 heterocycles. The zero-order chi connectivity index (χ0) is 14.6. The molecule has 1 atom stereocenters. The van der Waals surface area contributed by atoms with Gasteiger partial charge in [-0.25, -0.2) is 9.59 Å². The molecule has 1 saturated carbocycles. The SMILES string of the molecule is CN(C(=O)OC(C)(C)C)[C@@H](CC1CCCC1)C(=O)O. The third-order valence-corrected chi connectivity index (χ3v) is 3.47. The van der Waals surface area contributed by atoms with Crippen molar-refractivity contribution in [2.24, 2.45) is 5.92 Å². The Hall–Kier alpha value is -1.26. The second-order valence-corrected chi connectivity index (χ2v) is 6.33. The van der Waals surface area contributed by atoms with E-state index in [-0.39, 0.29) is 0 Å². The number of amides is 1. The van der Waals surface area contributed by atoms with E-state index in [1.165, 1.54) is 11.9 Å². The number of ether oxygens (including phenoxy) is 1. The zero-order valence-corrected chi connectivity index (χ0v) is 12.3. The molecule has 1 N–H and O–H groups in total. The van der Waals surface area contributed by atoms with Crippen LogP contribution in [-0.4, -0.2) is 40.8 Å². The van der Waals surface area contributed by atoms with Crippen molar-refractivity contribution in [3.8, 4) is 0 Å². The summed E-state index contributed by atoms with van der Waals surface area (Å²) in [5.74, 6) is -0.550. The molecule has 1 rings (SSSR count). The Kier molecular flexibility index (Phi) is 5.20. The number of hydrogen-bond acceptors (Lipinski definition) is 3. The molecule has 5 heteroatoms. The van der Waals surface area contributed by atoms with Crippen molar-refractivity contribution in [2.75, 3.05) is 7.05 Å². The Morgan fingerprint density at radius 2 is 1.84 bits per heavy atom. The molecule has 1 amide bonds. The summed E-state index contributed by atoms with van der Waals surface area (Å²) in [5, 5.41) is 9.30. The molecule has 5 nitrogen and oxygen atoms in total. The van der Waals surface area contributed by atoms with Gasteiger partial charge in [0.25, 0.3) is 0 Å². The first kappa shape index (κ1) is 15.8. The normalized spacial score (nSPS) is 18.1. The van der Waals surface area contributed by atoms with Gasteiger partial charge in [-0.15, -0.1) is 0 Å². The fourth-order valence-corrected chi connectivity index (χ4v) is 2.45. The minimum atomic E-state index is -0.958. The van der Waals surface area contributed by atoms with Crippen LogP contribution < -0.4 is 0 Å². The van der Waals surface area contributed by atoms with Gasteiger partial charge in [0.05, 0.1) is 0 Å². The van der Waals surface area contributed by atoms with Gasteiger partial charge < -0.3 is 9.84 Å². The third-order valence-electron chi connectivity index (χ3n) is 3.47. The van der Waals surface area contributed by atoms with Crippen LogP contribution in [0.1, 0.15) is 52.9 Å². The van der Waals surface area contributed by atoms with Gasteiger partial charge >= 0.3 is 12.1 Å². The number of rotatable bonds is 4. The van der Waals surface area contributed by atoms with Crippen molar-refractivity contribution >= 4 is 12.1 Å². The first-order valence-electron chi connectivity index (χ1n) is 6.89. The topological polar surface area (TPSA) is 66.8 Å². The van der Waals surface area contributed by atoms with E-state index in [4.69, 9.17) is 4.74 Å². The molecule has 0 bridgehead atoms. The summed E-state index contributed by atoms with van der Waals surface area (Å²) in [6.45, 7) is 5.31. The highest BCUT2D eigenvalue weighted by Crippen LogP contribution is 2.30. The van der Waals surface area contributed by atoms with Gasteiger partial charge in [0.1, 0.15) is 11.6 Å². The van der Waals surface area contributed by atoms with Gasteiger partial charge in [0, 0.05) is 7.05 Å². The number of likely N-dealkylation sites (N-methyl/N-ethyl adjacent to an activating group) is 1. The van der Waals surface area contributed by atoms with Crippen LogP contribution in [0, 0.1) is 5.92 Å². The minimum Gasteiger partial charge on any atom is -0.480 e. The summed E-state index contributed by atoms with van der Waals surface area (Å²) >= 11 is 0. The average Bonchev–Trinajstić information content (AvgIpc) is 2.74. The summed E-state index contributed by atoms with van der Waals surface area (Å²) < 4.78 is 5.22. The fraction of sp³-hybridized carbons (Fsp3) is 0.857. The maximum Gasteiger partial charge on any atom is 0.410 e. The van der Waals surface area contributed by atoms with Crippen LogP contribution in [0.5, 0.6) is 0 Å². The lowest BCUT2D eigenvalue weighted by atomic mass is 9.98. The highest BCUT2D eigenvalue weighted by Gasteiger charge is 2.32. The van der Waals surface area contributed by atoms with Crippen LogP contribution in [0.25, 0.3) is 0 Å². The monoisotopic (exact) mass is 271 g/mol. The second kappa shape index (κ2) is 6.26. The quantitative estimate of drug-likeness (QED) is 0.853. The van der Waals surface area contributed by atoms with Gasteiger partial charge in [-0.05, 0) is 33.1 Å². The number of carbonyl (C=O) groups excluding carboxylic acids is 1. The number of carboxylic acids is 1. The minimum absolute atomic E-state index is 0.408. The third kappa shape index (κ3) is 5.09. The van der Waals surface area contributed by atoms with Crippen molar-refractivity contribution in [3.05, 3.63) is 0 Å². The molecule has 19 heavy (non-hydrogen) atoms. The van der Waals surface area contributed by atoms with Crippen LogP contribution in [0.2, 0.25) is 0 Å². The average molecular weight is 271 g/mol. The predicted molar refractivity (Wildman–Crippen MR) is 72.0 cm³/mol. The smallest absolute Gasteiger partial charge is 0.410 e. The molecule has 0 radical (unpaired) electrons. The molecule has 0 unspecified atom stereocenters. The van der Waals surface area contributed by atoms with E-state index < -0.39 is 23.7 Å². The van der Waals surface area contributed by atoms with Crippen LogP contribution in [0.15, 0.2) is 0 Å². The molecule has 1 aliphatic carbocycles. The first-order valence-corrected chi connectivity index (χ1v) is 6.89. The Labute approximate surface area is 114 Å². The molecule has 0 aromatic carbocycles. The summed E-state index contributed by atoms with van der Waals surface area (Å²) in [7, 11) is 1.50. The Balaban J connectivity index is 2.64. The first-order chi connectivity index (χ1) is 8.70. The lowest BCUT2D eigenvalue weighted by Gasteiger charge is -2.29. The van der Waals surface area contributed by atoms with Gasteiger partial charge in [-0.1, -0.05) is 25.7 Å². The molecule has 0 aromatic rings. The van der Waals surface area contributed by atoms with Crippen LogP contribution in [-0.2, 0) is 9.53 Å². The molecule has 0 spiro atoms. The Morgan fingerprint density at radius 1 is 1.32 bits per heavy atom. The van der Waals surface area contributed by atoms with Crippen molar-refractivity contribution in [1.82, 2.24) is 4.90 Å². The van der Waals surface area contributed by atoms with Gasteiger partial charge in [-0.2, -0.15) is 0 Å². The van der Waals surface area contributed by atoms with Crippen molar-refractivity contribution < 1.29 is 19.4 Å². The molecule has 110 valence electrons. The molecule has 0 aromatic heterocycles. The molecular weight excluding hydrogens is 246 g/mol. The molecule has 1 fully saturated rings. The van der Waals surface area contributed by atoms with Crippen LogP contribution in [0.3, 0.4) is 0 Å². The van der Waals surface area contributed by atoms with E-state index in [1.54, 1.807) is 20.8 Å². The largest absolute Gasteiger partial charge is 0.480 e. The number of aliphatic carboxylic acids is 1. The van der Waals surface area contributed by atoms with Crippen molar-refractivity contribution in [3.63, 3.8) is 0 Å². The summed E-state index contributed by atoms with van der Waals surface area (Å²) in [4.78, 5) is 24.5. The highest BCUT2D eigenvalue weighted by molar-refractivity contribution is 5.80. The number of carbonyl (C=O) groups is 2. The van der Waals surface area contributed by atoms with E-state index in [0.29, 0.717) is 12.3 Å². The number of hydrogen-bond donors (Lipinski definition) is 1. The van der Waals surface area contributed by atoms with E-state index in [9.17, 15) is 14.7 Å². The standard InChI is InChI=1S/C14H25NO4/c1-14(2,3)19-13(18)15(4)11(12(16)17)9-10-7-5-6-8-10/h10-11H,5-9H2,1-4H3,(H,16,17)/t11-/m0/s1. The molecular formula is C14H25NO4. The number of carboxylic acid groups (broad SMARTS) is 1. The number of nitrogens with zero attached hydrogens (tertiary/aromatic N) is 1. The van der Waals surface area contributed by atoms with Crippen molar-refractivity contribution in [1.29, 1.82) is 0 Å². The van der Waals surface area contributed by atoms with E-state index in [0.717, 1.165) is 25.7 Å². The molecule has 0 saturated heterocycles. The molecule has 0 aliphatic heterocycles. The maximum atomic E-state index is 11.9. The van der Waals surface area contributed by atoms with E-state index in [1.807, 2.05) is 0 Å². The van der Waals surface area contributed by atoms with Gasteiger partial charge in [-0.3, -0.25) is 4.90 Å². The fourth-order valence-electron chi connectivity index (χ4n) is 2.45. The summed E-state index contributed by atoms with van der Waals surface area (Å²) in [6, 6.07) is -0.794. The van der Waals surface area contributed by atoms with Gasteiger partial charge in [0.2, 0.25) is 0 Å². The van der Waals surface area contributed by atoms with Crippen molar-refractivity contribution in [2.45, 2.75) is 64.5 Å². The van der Waals surface area contributed by atoms with E-state index in [2.05, 4.69) is 0 Å². The molecule has 1 aliphatic rings. The van der Waals surface area contributed by atoms with Gasteiger partial charge in [0.15, 0.2) is 0 Å². The van der Waals surface area contributed by atoms with Crippen LogP contribution in [0.4, 0.5) is 4.79 Å². The zero-order valence-electron chi connectivity index (χ0n) is 12.3. The predicted octanol–water partition coefficient (Wildman–Crippen LogP) is 2.89. The maximum absolute atomic E-state index is 11.9. The lowest BCUT2D eigenvalue weighted by molar-refractivity contribution is -0.143. The van der Waals surface area contributed by atoms with Crippen LogP contribution >= 0.6 is 0 Å². The lowest BCUT2D eigenvalue weighted by Crippen LogP contribution is -2.45. The Bertz CT molecular complexity index is 329.